The van der Waals surface area contributed by atoms with Gasteiger partial charge in [0, 0.05) is 30.9 Å². The number of likely N-dealkylation sites (N-methyl/N-ethyl adjacent to an activating group) is 1. The van der Waals surface area contributed by atoms with Gasteiger partial charge in [-0.2, -0.15) is 0 Å². The second-order valence-electron chi connectivity index (χ2n) is 4.05. The van der Waals surface area contributed by atoms with Crippen LogP contribution in [0.3, 0.4) is 0 Å². The van der Waals surface area contributed by atoms with Gasteiger partial charge in [0.2, 0.25) is 0 Å². The van der Waals surface area contributed by atoms with Crippen LogP contribution >= 0.6 is 15.9 Å². The Balaban J connectivity index is 1.93. The van der Waals surface area contributed by atoms with Gasteiger partial charge in [-0.25, -0.2) is 0 Å². The predicted molar refractivity (Wildman–Crippen MR) is 64.4 cm³/mol. The number of hydrogen-bond acceptors (Lipinski definition) is 2. The number of nitrogens with zero attached hydrogens (tertiary/aromatic N) is 1. The van der Waals surface area contributed by atoms with E-state index in [1.165, 1.54) is 0 Å². The van der Waals surface area contributed by atoms with Gasteiger partial charge in [-0.05, 0) is 34.8 Å². The Morgan fingerprint density at radius 3 is 3.12 bits per heavy atom. The topological polar surface area (TPSA) is 45.3 Å². The minimum absolute atomic E-state index is 0.00111. The normalized spacial score (nSPS) is 20.0. The number of amides is 1. The van der Waals surface area contributed by atoms with Crippen LogP contribution in [0.2, 0.25) is 0 Å². The molecule has 1 saturated heterocycles. The summed E-state index contributed by atoms with van der Waals surface area (Å²) in [6.45, 7) is 1.48. The smallest absolute Gasteiger partial charge is 0.270 e. The molecule has 0 radical (unpaired) electrons. The average Bonchev–Trinajstić information content (AvgIpc) is 2.88. The molecule has 1 fully saturated rings. The number of H-pyrrole nitrogens is 1. The van der Waals surface area contributed by atoms with Crippen molar-refractivity contribution in [3.05, 3.63) is 22.4 Å². The first-order valence-electron chi connectivity index (χ1n) is 5.38. The highest BCUT2D eigenvalue weighted by molar-refractivity contribution is 9.10. The van der Waals surface area contributed by atoms with Crippen LogP contribution in [0.25, 0.3) is 0 Å². The van der Waals surface area contributed by atoms with Crippen LogP contribution in [0.4, 0.5) is 0 Å². The Hall–Kier alpha value is -0.810. The molecular formula is C11H15BrN2O2. The molecule has 4 nitrogen and oxygen atoms in total. The van der Waals surface area contributed by atoms with Gasteiger partial charge in [-0.15, -0.1) is 0 Å². The zero-order valence-electron chi connectivity index (χ0n) is 9.20. The highest BCUT2D eigenvalue weighted by atomic mass is 79.9. The summed E-state index contributed by atoms with van der Waals surface area (Å²) in [5.74, 6) is 0.00111. The molecule has 1 aliphatic rings. The number of aromatic nitrogens is 1. The molecular weight excluding hydrogens is 272 g/mol. The Labute approximate surface area is 103 Å². The maximum atomic E-state index is 12.0. The van der Waals surface area contributed by atoms with Crippen molar-refractivity contribution in [1.29, 1.82) is 0 Å². The first kappa shape index (κ1) is 11.7. The van der Waals surface area contributed by atoms with Gasteiger partial charge in [0.25, 0.3) is 5.91 Å². The van der Waals surface area contributed by atoms with E-state index in [0.717, 1.165) is 23.9 Å². The molecule has 1 N–H and O–H groups in total. The lowest BCUT2D eigenvalue weighted by atomic mass is 10.2. The maximum absolute atomic E-state index is 12.0. The number of nitrogens with one attached hydrogen (secondary N) is 1. The molecule has 0 bridgehead atoms. The van der Waals surface area contributed by atoms with Crippen molar-refractivity contribution >= 4 is 21.8 Å². The van der Waals surface area contributed by atoms with Crippen molar-refractivity contribution in [2.75, 3.05) is 20.2 Å². The van der Waals surface area contributed by atoms with Crippen LogP contribution in [-0.2, 0) is 4.74 Å². The van der Waals surface area contributed by atoms with Gasteiger partial charge >= 0.3 is 0 Å². The number of hydrogen-bond donors (Lipinski definition) is 1. The fraction of sp³-hybridized carbons (Fsp3) is 0.545. The molecule has 1 aliphatic heterocycles. The zero-order valence-corrected chi connectivity index (χ0v) is 10.8. The van der Waals surface area contributed by atoms with Gasteiger partial charge in [0.05, 0.1) is 6.10 Å². The molecule has 1 aromatic rings. The highest BCUT2D eigenvalue weighted by Crippen LogP contribution is 2.15. The molecule has 1 atom stereocenters. The standard InChI is InChI=1S/C11H15BrN2O2/c1-14(7-9-3-2-4-16-9)11(15)10-5-8(12)6-13-10/h5-6,9,13H,2-4,7H2,1H3. The molecule has 0 aliphatic carbocycles. The molecule has 0 spiro atoms. The number of carbonyl (C=O) groups is 1. The lowest BCUT2D eigenvalue weighted by Crippen LogP contribution is -2.34. The van der Waals surface area contributed by atoms with Gasteiger partial charge in [0.15, 0.2) is 0 Å². The predicted octanol–water partition coefficient (Wildman–Crippen LogP) is 2.03. The molecule has 0 aromatic carbocycles. The third kappa shape index (κ3) is 2.65. The fourth-order valence-corrected chi connectivity index (χ4v) is 2.22. The third-order valence-electron chi connectivity index (χ3n) is 2.73. The van der Waals surface area contributed by atoms with Crippen molar-refractivity contribution in [3.8, 4) is 0 Å². The number of carbonyl (C=O) groups excluding carboxylic acids is 1. The minimum atomic E-state index is 0.00111. The summed E-state index contributed by atoms with van der Waals surface area (Å²) in [5.41, 5.74) is 0.604. The quantitative estimate of drug-likeness (QED) is 0.924. The maximum Gasteiger partial charge on any atom is 0.270 e. The van der Waals surface area contributed by atoms with Crippen molar-refractivity contribution in [1.82, 2.24) is 9.88 Å². The molecule has 1 unspecified atom stereocenters. The largest absolute Gasteiger partial charge is 0.376 e. The number of aromatic amines is 1. The van der Waals surface area contributed by atoms with Crippen LogP contribution in [0.5, 0.6) is 0 Å². The molecule has 2 rings (SSSR count). The first-order valence-corrected chi connectivity index (χ1v) is 6.17. The third-order valence-corrected chi connectivity index (χ3v) is 3.18. The Kier molecular flexibility index (Phi) is 3.66. The Morgan fingerprint density at radius 1 is 1.75 bits per heavy atom. The van der Waals surface area contributed by atoms with Crippen LogP contribution in [0, 0.1) is 0 Å². The summed E-state index contributed by atoms with van der Waals surface area (Å²) in [6.07, 6.45) is 4.10. The van der Waals surface area contributed by atoms with Crippen LogP contribution in [0.1, 0.15) is 23.3 Å². The molecule has 16 heavy (non-hydrogen) atoms. The summed E-state index contributed by atoms with van der Waals surface area (Å²) in [6, 6.07) is 1.79. The summed E-state index contributed by atoms with van der Waals surface area (Å²) in [7, 11) is 1.80. The number of ether oxygens (including phenoxy) is 1. The van der Waals surface area contributed by atoms with E-state index in [1.54, 1.807) is 24.2 Å². The second kappa shape index (κ2) is 5.01. The van der Waals surface area contributed by atoms with E-state index in [0.29, 0.717) is 12.2 Å². The lowest BCUT2D eigenvalue weighted by Gasteiger charge is -2.20. The molecule has 1 amide bonds. The monoisotopic (exact) mass is 286 g/mol. The van der Waals surface area contributed by atoms with Crippen LogP contribution in [-0.4, -0.2) is 42.1 Å². The molecule has 1 aromatic heterocycles. The van der Waals surface area contributed by atoms with E-state index >= 15 is 0 Å². The first-order chi connectivity index (χ1) is 7.66. The van der Waals surface area contributed by atoms with E-state index in [2.05, 4.69) is 20.9 Å². The Bertz CT molecular complexity index is 372. The summed E-state index contributed by atoms with van der Waals surface area (Å²) in [4.78, 5) is 16.6. The van der Waals surface area contributed by atoms with Crippen molar-refractivity contribution in [2.45, 2.75) is 18.9 Å². The molecule has 0 saturated carbocycles. The molecule has 2 heterocycles. The number of halogens is 1. The summed E-state index contributed by atoms with van der Waals surface area (Å²) in [5, 5.41) is 0. The second-order valence-corrected chi connectivity index (χ2v) is 4.97. The fourth-order valence-electron chi connectivity index (χ4n) is 1.87. The van der Waals surface area contributed by atoms with E-state index < -0.39 is 0 Å². The van der Waals surface area contributed by atoms with E-state index in [9.17, 15) is 4.79 Å². The average molecular weight is 287 g/mol. The van der Waals surface area contributed by atoms with Crippen molar-refractivity contribution < 1.29 is 9.53 Å². The van der Waals surface area contributed by atoms with Crippen molar-refractivity contribution in [2.24, 2.45) is 0 Å². The van der Waals surface area contributed by atoms with E-state index in [1.807, 2.05) is 0 Å². The molecule has 88 valence electrons. The van der Waals surface area contributed by atoms with Gasteiger partial charge in [-0.3, -0.25) is 4.79 Å². The van der Waals surface area contributed by atoms with E-state index in [4.69, 9.17) is 4.74 Å². The zero-order chi connectivity index (χ0) is 11.5. The number of rotatable bonds is 3. The SMILES string of the molecule is CN(CC1CCCO1)C(=O)c1cc(Br)c[nH]1. The van der Waals surface area contributed by atoms with Gasteiger partial charge < -0.3 is 14.6 Å². The van der Waals surface area contributed by atoms with Gasteiger partial charge in [0.1, 0.15) is 5.69 Å². The summed E-state index contributed by atoms with van der Waals surface area (Å²) >= 11 is 3.31. The van der Waals surface area contributed by atoms with Crippen molar-refractivity contribution in [3.63, 3.8) is 0 Å². The Morgan fingerprint density at radius 2 is 2.56 bits per heavy atom. The van der Waals surface area contributed by atoms with Gasteiger partial charge in [-0.1, -0.05) is 0 Å². The van der Waals surface area contributed by atoms with E-state index in [-0.39, 0.29) is 12.0 Å². The van der Waals surface area contributed by atoms with Crippen LogP contribution < -0.4 is 0 Å². The minimum Gasteiger partial charge on any atom is -0.376 e. The molecule has 5 heteroatoms. The highest BCUT2D eigenvalue weighted by Gasteiger charge is 2.21. The van der Waals surface area contributed by atoms with Crippen LogP contribution in [0.15, 0.2) is 16.7 Å². The summed E-state index contributed by atoms with van der Waals surface area (Å²) < 4.78 is 6.39. The lowest BCUT2D eigenvalue weighted by molar-refractivity contribution is 0.0583.